The summed E-state index contributed by atoms with van der Waals surface area (Å²) in [6.07, 6.45) is 2.17. The highest BCUT2D eigenvalue weighted by Crippen LogP contribution is 2.17. The molecule has 0 bridgehead atoms. The highest BCUT2D eigenvalue weighted by Gasteiger charge is 2.23. The van der Waals surface area contributed by atoms with Gasteiger partial charge in [0.05, 0.1) is 6.10 Å². The molecule has 1 aromatic rings. The van der Waals surface area contributed by atoms with Crippen molar-refractivity contribution in [2.24, 2.45) is 5.92 Å². The highest BCUT2D eigenvalue weighted by molar-refractivity contribution is 5.90. The summed E-state index contributed by atoms with van der Waals surface area (Å²) in [4.78, 5) is 14.2. The summed E-state index contributed by atoms with van der Waals surface area (Å²) < 4.78 is 0. The number of hydrogen-bond donors (Lipinski definition) is 2. The normalized spacial score (nSPS) is 23.0. The minimum Gasteiger partial charge on any atom is -0.392 e. The van der Waals surface area contributed by atoms with Crippen LogP contribution in [0.4, 0.5) is 5.69 Å². The van der Waals surface area contributed by atoms with Crippen LogP contribution in [0, 0.1) is 12.8 Å². The Kier molecular flexibility index (Phi) is 5.76. The van der Waals surface area contributed by atoms with Crippen molar-refractivity contribution >= 4 is 11.6 Å². The molecule has 1 fully saturated rings. The van der Waals surface area contributed by atoms with Crippen LogP contribution >= 0.6 is 0 Å². The molecule has 1 aromatic carbocycles. The quantitative estimate of drug-likeness (QED) is 0.875. The first kappa shape index (κ1) is 16.0. The SMILES string of the molecule is Cc1cccc(NC(=O)CCCN2CCC(C)C(O)C2)c1. The molecule has 1 aliphatic rings. The molecule has 2 N–H and O–H groups in total. The number of rotatable bonds is 5. The van der Waals surface area contributed by atoms with Crippen LogP contribution in [-0.2, 0) is 4.79 Å². The zero-order valence-corrected chi connectivity index (χ0v) is 13.0. The largest absolute Gasteiger partial charge is 0.392 e. The Balaban J connectivity index is 1.68. The molecule has 0 aromatic heterocycles. The Morgan fingerprint density at radius 1 is 1.48 bits per heavy atom. The van der Waals surface area contributed by atoms with Crippen LogP contribution < -0.4 is 5.32 Å². The van der Waals surface area contributed by atoms with Gasteiger partial charge < -0.3 is 15.3 Å². The van der Waals surface area contributed by atoms with Crippen LogP contribution in [0.15, 0.2) is 24.3 Å². The molecule has 0 aliphatic carbocycles. The van der Waals surface area contributed by atoms with Crippen molar-refractivity contribution in [3.8, 4) is 0 Å². The zero-order valence-electron chi connectivity index (χ0n) is 13.0. The van der Waals surface area contributed by atoms with E-state index in [1.807, 2.05) is 31.2 Å². The second kappa shape index (κ2) is 7.57. The molecule has 21 heavy (non-hydrogen) atoms. The summed E-state index contributed by atoms with van der Waals surface area (Å²) in [5, 5.41) is 12.8. The number of piperidine rings is 1. The molecule has 4 nitrogen and oxygen atoms in total. The van der Waals surface area contributed by atoms with E-state index in [9.17, 15) is 9.90 Å². The van der Waals surface area contributed by atoms with E-state index in [2.05, 4.69) is 17.1 Å². The van der Waals surface area contributed by atoms with E-state index in [0.717, 1.165) is 43.7 Å². The van der Waals surface area contributed by atoms with Crippen molar-refractivity contribution < 1.29 is 9.90 Å². The third-order valence-electron chi connectivity index (χ3n) is 4.18. The number of benzene rings is 1. The first-order valence-corrected chi connectivity index (χ1v) is 7.81. The lowest BCUT2D eigenvalue weighted by atomic mass is 9.96. The summed E-state index contributed by atoms with van der Waals surface area (Å²) in [6, 6.07) is 7.84. The highest BCUT2D eigenvalue weighted by atomic mass is 16.3. The average molecular weight is 290 g/mol. The first-order chi connectivity index (χ1) is 10.0. The number of nitrogens with zero attached hydrogens (tertiary/aromatic N) is 1. The Morgan fingerprint density at radius 3 is 3.00 bits per heavy atom. The standard InChI is InChI=1S/C17H26N2O2/c1-13-5-3-6-15(11-13)18-17(21)7-4-9-19-10-8-14(2)16(20)12-19/h3,5-6,11,14,16,20H,4,7-10,12H2,1-2H3,(H,18,21). The summed E-state index contributed by atoms with van der Waals surface area (Å²) >= 11 is 0. The number of aliphatic hydroxyl groups excluding tert-OH is 1. The topological polar surface area (TPSA) is 52.6 Å². The Hall–Kier alpha value is -1.39. The predicted molar refractivity (Wildman–Crippen MR) is 85.3 cm³/mol. The van der Waals surface area contributed by atoms with Crippen molar-refractivity contribution in [2.75, 3.05) is 25.0 Å². The van der Waals surface area contributed by atoms with Gasteiger partial charge in [0.25, 0.3) is 0 Å². The molecule has 2 atom stereocenters. The van der Waals surface area contributed by atoms with Crippen molar-refractivity contribution in [1.29, 1.82) is 0 Å². The maximum absolute atomic E-state index is 11.9. The van der Waals surface area contributed by atoms with Gasteiger partial charge in [-0.25, -0.2) is 0 Å². The molecule has 1 heterocycles. The smallest absolute Gasteiger partial charge is 0.224 e. The van der Waals surface area contributed by atoms with E-state index in [0.29, 0.717) is 12.3 Å². The number of anilines is 1. The summed E-state index contributed by atoms with van der Waals surface area (Å²) in [7, 11) is 0. The van der Waals surface area contributed by atoms with Gasteiger partial charge in [-0.3, -0.25) is 4.79 Å². The van der Waals surface area contributed by atoms with Gasteiger partial charge in [-0.2, -0.15) is 0 Å². The number of likely N-dealkylation sites (tertiary alicyclic amines) is 1. The van der Waals surface area contributed by atoms with E-state index >= 15 is 0 Å². The predicted octanol–water partition coefficient (Wildman–Crippen LogP) is 2.42. The maximum atomic E-state index is 11.9. The van der Waals surface area contributed by atoms with Gasteiger partial charge in [-0.15, -0.1) is 0 Å². The van der Waals surface area contributed by atoms with Crippen molar-refractivity contribution in [2.45, 2.75) is 39.2 Å². The summed E-state index contributed by atoms with van der Waals surface area (Å²) in [5.41, 5.74) is 2.01. The van der Waals surface area contributed by atoms with Gasteiger partial charge in [0, 0.05) is 18.7 Å². The molecule has 0 spiro atoms. The molecule has 4 heteroatoms. The zero-order chi connectivity index (χ0) is 15.2. The third kappa shape index (κ3) is 5.14. The molecule has 1 aliphatic heterocycles. The number of hydrogen-bond acceptors (Lipinski definition) is 3. The average Bonchev–Trinajstić information content (AvgIpc) is 2.43. The number of carbonyl (C=O) groups excluding carboxylic acids is 1. The summed E-state index contributed by atoms with van der Waals surface area (Å²) in [5.74, 6) is 0.456. The van der Waals surface area contributed by atoms with Crippen LogP contribution in [-0.4, -0.2) is 41.7 Å². The maximum Gasteiger partial charge on any atom is 0.224 e. The molecular weight excluding hydrogens is 264 g/mol. The Morgan fingerprint density at radius 2 is 2.29 bits per heavy atom. The van der Waals surface area contributed by atoms with Crippen molar-refractivity contribution in [1.82, 2.24) is 4.90 Å². The minimum absolute atomic E-state index is 0.0616. The second-order valence-corrected chi connectivity index (χ2v) is 6.16. The lowest BCUT2D eigenvalue weighted by Gasteiger charge is -2.34. The fourth-order valence-electron chi connectivity index (χ4n) is 2.73. The second-order valence-electron chi connectivity index (χ2n) is 6.16. The fourth-order valence-corrected chi connectivity index (χ4v) is 2.73. The van der Waals surface area contributed by atoms with E-state index < -0.39 is 0 Å². The van der Waals surface area contributed by atoms with Crippen molar-refractivity contribution in [3.63, 3.8) is 0 Å². The van der Waals surface area contributed by atoms with E-state index in [-0.39, 0.29) is 12.0 Å². The van der Waals surface area contributed by atoms with Gasteiger partial charge in [0.15, 0.2) is 0 Å². The van der Waals surface area contributed by atoms with Crippen LogP contribution in [0.3, 0.4) is 0 Å². The molecule has 2 unspecified atom stereocenters. The Bertz CT molecular complexity index is 476. The van der Waals surface area contributed by atoms with Gasteiger partial charge in [0.1, 0.15) is 0 Å². The number of nitrogens with one attached hydrogen (secondary N) is 1. The van der Waals surface area contributed by atoms with Gasteiger partial charge in [-0.05, 0) is 56.5 Å². The molecule has 0 saturated carbocycles. The number of β-amino-alcohol motifs (C(OH)–C–C–N with tert-alkyl or cyclic N) is 1. The lowest BCUT2D eigenvalue weighted by molar-refractivity contribution is -0.116. The molecule has 0 radical (unpaired) electrons. The Labute approximate surface area is 127 Å². The monoisotopic (exact) mass is 290 g/mol. The first-order valence-electron chi connectivity index (χ1n) is 7.81. The molecule has 1 saturated heterocycles. The number of amides is 1. The van der Waals surface area contributed by atoms with E-state index in [4.69, 9.17) is 0 Å². The minimum atomic E-state index is -0.222. The number of carbonyl (C=O) groups is 1. The van der Waals surface area contributed by atoms with Gasteiger partial charge in [0.2, 0.25) is 5.91 Å². The molecule has 2 rings (SSSR count). The number of aryl methyl sites for hydroxylation is 1. The number of aliphatic hydroxyl groups is 1. The molecule has 116 valence electrons. The van der Waals surface area contributed by atoms with Crippen LogP contribution in [0.2, 0.25) is 0 Å². The van der Waals surface area contributed by atoms with Crippen LogP contribution in [0.5, 0.6) is 0 Å². The lowest BCUT2D eigenvalue weighted by Crippen LogP contribution is -2.43. The van der Waals surface area contributed by atoms with Gasteiger partial charge in [-0.1, -0.05) is 19.1 Å². The van der Waals surface area contributed by atoms with Crippen LogP contribution in [0.25, 0.3) is 0 Å². The molecular formula is C17H26N2O2. The van der Waals surface area contributed by atoms with Crippen LogP contribution in [0.1, 0.15) is 31.7 Å². The van der Waals surface area contributed by atoms with E-state index in [1.54, 1.807) is 0 Å². The summed E-state index contributed by atoms with van der Waals surface area (Å²) in [6.45, 7) is 6.75. The van der Waals surface area contributed by atoms with Crippen molar-refractivity contribution in [3.05, 3.63) is 29.8 Å². The molecule has 1 amide bonds. The van der Waals surface area contributed by atoms with E-state index in [1.165, 1.54) is 0 Å². The third-order valence-corrected chi connectivity index (χ3v) is 4.18. The van der Waals surface area contributed by atoms with Gasteiger partial charge >= 0.3 is 0 Å². The fraction of sp³-hybridized carbons (Fsp3) is 0.588.